The number of aromatic nitrogens is 2. The number of anilines is 1. The lowest BCUT2D eigenvalue weighted by Gasteiger charge is -2.24. The Bertz CT molecular complexity index is 1090. The summed E-state index contributed by atoms with van der Waals surface area (Å²) < 4.78 is 7.19. The zero-order valence-corrected chi connectivity index (χ0v) is 21.2. The van der Waals surface area contributed by atoms with Crippen LogP contribution in [0, 0.1) is 0 Å². The number of urea groups is 1. The first-order valence-corrected chi connectivity index (χ1v) is 12.3. The molecular weight excluding hydrogens is 446 g/mol. The van der Waals surface area contributed by atoms with Gasteiger partial charge in [-0.05, 0) is 59.4 Å². The van der Waals surface area contributed by atoms with Crippen molar-refractivity contribution in [3.8, 4) is 0 Å². The summed E-state index contributed by atoms with van der Waals surface area (Å²) >= 11 is 0. The Morgan fingerprint density at radius 1 is 1.17 bits per heavy atom. The number of carbonyl (C=O) groups excluding carboxylic acids is 3. The molecule has 0 radical (unpaired) electrons. The number of hydrogen-bond acceptors (Lipinski definition) is 5. The van der Waals surface area contributed by atoms with E-state index in [1.165, 1.54) is 4.90 Å². The molecule has 4 amide bonds. The molecule has 2 atom stereocenters. The fraction of sp³-hybridized carbons (Fsp3) is 0.538. The van der Waals surface area contributed by atoms with Gasteiger partial charge < -0.3 is 9.64 Å². The van der Waals surface area contributed by atoms with E-state index in [9.17, 15) is 14.4 Å². The van der Waals surface area contributed by atoms with Crippen LogP contribution in [0.1, 0.15) is 71.1 Å². The monoisotopic (exact) mass is 481 g/mol. The minimum absolute atomic E-state index is 0.00795. The van der Waals surface area contributed by atoms with Crippen molar-refractivity contribution in [1.29, 1.82) is 0 Å². The molecule has 9 heteroatoms. The second kappa shape index (κ2) is 9.71. The summed E-state index contributed by atoms with van der Waals surface area (Å²) in [5.41, 5.74) is 1.39. The third-order valence-corrected chi connectivity index (χ3v) is 6.64. The molecule has 1 N–H and O–H groups in total. The molecule has 188 valence electrons. The van der Waals surface area contributed by atoms with E-state index in [0.717, 1.165) is 24.1 Å². The third kappa shape index (κ3) is 5.33. The fourth-order valence-electron chi connectivity index (χ4n) is 4.82. The van der Waals surface area contributed by atoms with Crippen molar-refractivity contribution in [1.82, 2.24) is 19.6 Å². The number of amides is 4. The van der Waals surface area contributed by atoms with Gasteiger partial charge in [0.1, 0.15) is 19.0 Å². The van der Waals surface area contributed by atoms with E-state index >= 15 is 0 Å². The Hall–Kier alpha value is -3.36. The molecule has 1 aliphatic carbocycles. The van der Waals surface area contributed by atoms with Crippen LogP contribution in [0.4, 0.5) is 15.4 Å². The first-order valence-electron chi connectivity index (χ1n) is 12.3. The van der Waals surface area contributed by atoms with Crippen molar-refractivity contribution in [3.63, 3.8) is 0 Å². The van der Waals surface area contributed by atoms with Crippen LogP contribution in [0.2, 0.25) is 0 Å². The second-order valence-electron chi connectivity index (χ2n) is 10.7. The summed E-state index contributed by atoms with van der Waals surface area (Å²) in [7, 11) is 0. The van der Waals surface area contributed by atoms with Crippen molar-refractivity contribution >= 4 is 23.8 Å². The molecule has 1 saturated carbocycles. The topological polar surface area (TPSA) is 96.8 Å². The quantitative estimate of drug-likeness (QED) is 0.604. The molecule has 1 saturated heterocycles. The van der Waals surface area contributed by atoms with E-state index in [1.807, 2.05) is 71.0 Å². The minimum Gasteiger partial charge on any atom is -0.444 e. The van der Waals surface area contributed by atoms with Crippen molar-refractivity contribution in [2.45, 2.75) is 84.0 Å². The van der Waals surface area contributed by atoms with Gasteiger partial charge in [-0.2, -0.15) is 5.10 Å². The highest BCUT2D eigenvalue weighted by Crippen LogP contribution is 2.39. The fourth-order valence-corrected chi connectivity index (χ4v) is 4.82. The van der Waals surface area contributed by atoms with Crippen LogP contribution in [-0.2, 0) is 21.7 Å². The Morgan fingerprint density at radius 3 is 2.51 bits per heavy atom. The molecule has 1 aromatic heterocycles. The molecule has 2 fully saturated rings. The van der Waals surface area contributed by atoms with Crippen molar-refractivity contribution in [3.05, 3.63) is 47.7 Å². The van der Waals surface area contributed by atoms with Gasteiger partial charge in [0, 0.05) is 24.1 Å². The molecule has 9 nitrogen and oxygen atoms in total. The van der Waals surface area contributed by atoms with Gasteiger partial charge in [-0.1, -0.05) is 30.3 Å². The average Bonchev–Trinajstić information content (AvgIpc) is 3.50. The first-order chi connectivity index (χ1) is 16.5. The number of hydrogen-bond donors (Lipinski definition) is 1. The standard InChI is InChI=1S/C26H35N5O4/c1-17(2)29-15-23(32)30(25(29)34)20-12-11-19(13-20)21-14-22(31(28-21)26(3,4)5)27-24(33)35-16-18-9-7-6-8-10-18/h6-10,14,17,19-20H,11-13,15-16H2,1-5H3,(H,27,33)/t19-,20+/m0/s1. The normalized spacial score (nSPS) is 20.7. The third-order valence-electron chi connectivity index (χ3n) is 6.64. The Balaban J connectivity index is 1.45. The zero-order chi connectivity index (χ0) is 25.3. The molecular formula is C26H35N5O4. The van der Waals surface area contributed by atoms with Crippen molar-refractivity contribution in [2.75, 3.05) is 11.9 Å². The van der Waals surface area contributed by atoms with Crippen LogP contribution in [0.3, 0.4) is 0 Å². The molecule has 1 aromatic carbocycles. The lowest BCUT2D eigenvalue weighted by Crippen LogP contribution is -2.41. The summed E-state index contributed by atoms with van der Waals surface area (Å²) in [5, 5.41) is 7.67. The van der Waals surface area contributed by atoms with Gasteiger partial charge >= 0.3 is 12.1 Å². The van der Waals surface area contributed by atoms with E-state index in [0.29, 0.717) is 12.2 Å². The summed E-state index contributed by atoms with van der Waals surface area (Å²) in [6, 6.07) is 11.1. The van der Waals surface area contributed by atoms with Gasteiger partial charge in [-0.15, -0.1) is 0 Å². The largest absolute Gasteiger partial charge is 0.444 e. The Labute approximate surface area is 206 Å². The smallest absolute Gasteiger partial charge is 0.413 e. The SMILES string of the molecule is CC(C)N1CC(=O)N([C@@H]2CC[C@H](c3cc(NC(=O)OCc4ccccc4)n(C(C)(C)C)n3)C2)C1=O. The molecule has 4 rings (SSSR count). The van der Waals surface area contributed by atoms with Crippen molar-refractivity contribution in [2.24, 2.45) is 0 Å². The number of imide groups is 1. The zero-order valence-electron chi connectivity index (χ0n) is 21.2. The summed E-state index contributed by atoms with van der Waals surface area (Å²) in [6.07, 6.45) is 1.70. The molecule has 0 unspecified atom stereocenters. The molecule has 1 aliphatic heterocycles. The predicted octanol–water partition coefficient (Wildman–Crippen LogP) is 4.70. The first kappa shape index (κ1) is 24.8. The highest BCUT2D eigenvalue weighted by atomic mass is 16.5. The second-order valence-corrected chi connectivity index (χ2v) is 10.7. The molecule has 35 heavy (non-hydrogen) atoms. The number of ether oxygens (including phenoxy) is 1. The predicted molar refractivity (Wildman–Crippen MR) is 132 cm³/mol. The molecule has 0 bridgehead atoms. The van der Waals surface area contributed by atoms with Crippen LogP contribution < -0.4 is 5.32 Å². The van der Waals surface area contributed by atoms with Crippen molar-refractivity contribution < 1.29 is 19.1 Å². The molecule has 2 aliphatic rings. The van der Waals surface area contributed by atoms with E-state index in [-0.39, 0.29) is 48.6 Å². The van der Waals surface area contributed by atoms with Crippen LogP contribution in [0.5, 0.6) is 0 Å². The average molecular weight is 482 g/mol. The van der Waals surface area contributed by atoms with E-state index < -0.39 is 6.09 Å². The highest BCUT2D eigenvalue weighted by Gasteiger charge is 2.44. The Kier molecular flexibility index (Phi) is 6.87. The van der Waals surface area contributed by atoms with Gasteiger partial charge in [0.05, 0.1) is 11.2 Å². The maximum atomic E-state index is 12.8. The van der Waals surface area contributed by atoms with E-state index in [2.05, 4.69) is 5.32 Å². The lowest BCUT2D eigenvalue weighted by molar-refractivity contribution is -0.126. The van der Waals surface area contributed by atoms with Gasteiger partial charge in [0.25, 0.3) is 5.91 Å². The molecule has 2 aromatic rings. The summed E-state index contributed by atoms with van der Waals surface area (Å²) in [5.74, 6) is 0.532. The molecule has 2 heterocycles. The van der Waals surface area contributed by atoms with Gasteiger partial charge in [-0.3, -0.25) is 15.0 Å². The number of rotatable bonds is 6. The van der Waals surface area contributed by atoms with E-state index in [4.69, 9.17) is 9.84 Å². The Morgan fingerprint density at radius 2 is 1.89 bits per heavy atom. The molecule has 0 spiro atoms. The number of benzene rings is 1. The van der Waals surface area contributed by atoms with Crippen LogP contribution in [0.15, 0.2) is 36.4 Å². The number of carbonyl (C=O) groups is 3. The van der Waals surface area contributed by atoms with Gasteiger partial charge in [-0.25, -0.2) is 14.3 Å². The van der Waals surface area contributed by atoms with Crippen LogP contribution in [0.25, 0.3) is 0 Å². The number of nitrogens with zero attached hydrogens (tertiary/aromatic N) is 4. The summed E-state index contributed by atoms with van der Waals surface area (Å²) in [4.78, 5) is 41.0. The van der Waals surface area contributed by atoms with Crippen LogP contribution >= 0.6 is 0 Å². The maximum Gasteiger partial charge on any atom is 0.413 e. The van der Waals surface area contributed by atoms with Crippen LogP contribution in [-0.4, -0.2) is 56.2 Å². The van der Waals surface area contributed by atoms with Gasteiger partial charge in [0.2, 0.25) is 0 Å². The van der Waals surface area contributed by atoms with E-state index in [1.54, 1.807) is 9.58 Å². The number of nitrogens with one attached hydrogen (secondary N) is 1. The highest BCUT2D eigenvalue weighted by molar-refractivity contribution is 6.02. The maximum absolute atomic E-state index is 12.8. The van der Waals surface area contributed by atoms with Gasteiger partial charge in [0.15, 0.2) is 0 Å². The summed E-state index contributed by atoms with van der Waals surface area (Å²) in [6.45, 7) is 10.2. The lowest BCUT2D eigenvalue weighted by atomic mass is 10.0. The minimum atomic E-state index is -0.544.